The molecule has 1 aromatic rings. The zero-order chi connectivity index (χ0) is 11.7. The minimum atomic E-state index is -1.01. The van der Waals surface area contributed by atoms with Gasteiger partial charge in [0, 0.05) is 17.8 Å². The third-order valence-corrected chi connectivity index (χ3v) is 2.46. The fourth-order valence-electron chi connectivity index (χ4n) is 1.38. The molecule has 86 valence electrons. The van der Waals surface area contributed by atoms with Gasteiger partial charge >= 0.3 is 5.97 Å². The highest BCUT2D eigenvalue weighted by Gasteiger charge is 2.24. The summed E-state index contributed by atoms with van der Waals surface area (Å²) in [4.78, 5) is 15.0. The molecule has 1 saturated carbocycles. The van der Waals surface area contributed by atoms with E-state index in [0.717, 1.165) is 18.5 Å². The number of rotatable bonds is 4. The predicted molar refractivity (Wildman–Crippen MR) is 58.9 cm³/mol. The van der Waals surface area contributed by atoms with E-state index in [1.807, 2.05) is 19.9 Å². The molecule has 0 atom stereocenters. The molecule has 0 radical (unpaired) electrons. The minimum absolute atomic E-state index is 0.0573. The minimum Gasteiger partial charge on any atom is -0.490 e. The molecule has 0 aromatic carbocycles. The van der Waals surface area contributed by atoms with Crippen LogP contribution in [0.5, 0.6) is 5.75 Å². The number of ether oxygens (including phenoxy) is 1. The Labute approximate surface area is 94.3 Å². The van der Waals surface area contributed by atoms with E-state index in [4.69, 9.17) is 9.84 Å². The fourth-order valence-corrected chi connectivity index (χ4v) is 1.38. The van der Waals surface area contributed by atoms with E-state index in [2.05, 4.69) is 4.98 Å². The highest BCUT2D eigenvalue weighted by molar-refractivity contribution is 5.85. The summed E-state index contributed by atoms with van der Waals surface area (Å²) in [6.45, 7) is 3.96. The Bertz CT molecular complexity index is 411. The molecule has 1 aliphatic carbocycles. The summed E-state index contributed by atoms with van der Waals surface area (Å²) in [6.07, 6.45) is 2.38. The molecule has 4 nitrogen and oxygen atoms in total. The van der Waals surface area contributed by atoms with E-state index in [1.54, 1.807) is 0 Å². The first-order chi connectivity index (χ1) is 7.56. The van der Waals surface area contributed by atoms with Crippen molar-refractivity contribution in [1.82, 2.24) is 4.98 Å². The molecular weight excluding hydrogens is 206 g/mol. The van der Waals surface area contributed by atoms with Crippen molar-refractivity contribution in [2.75, 3.05) is 0 Å². The van der Waals surface area contributed by atoms with Gasteiger partial charge in [-0.3, -0.25) is 0 Å². The Morgan fingerprint density at radius 1 is 1.50 bits per heavy atom. The quantitative estimate of drug-likeness (QED) is 0.848. The maximum Gasteiger partial charge on any atom is 0.354 e. The normalized spacial score (nSPS) is 15.2. The molecular formula is C12H15NO3. The lowest BCUT2D eigenvalue weighted by Gasteiger charge is -2.10. The molecule has 0 aliphatic heterocycles. The van der Waals surface area contributed by atoms with Crippen LogP contribution in [0.1, 0.15) is 48.8 Å². The number of carboxylic acids is 1. The van der Waals surface area contributed by atoms with Crippen molar-refractivity contribution < 1.29 is 14.6 Å². The zero-order valence-electron chi connectivity index (χ0n) is 9.43. The number of nitrogens with zero attached hydrogens (tertiary/aromatic N) is 1. The van der Waals surface area contributed by atoms with Crippen LogP contribution >= 0.6 is 0 Å². The van der Waals surface area contributed by atoms with Crippen molar-refractivity contribution in [2.24, 2.45) is 0 Å². The maximum atomic E-state index is 10.9. The predicted octanol–water partition coefficient (Wildman–Crippen LogP) is 2.44. The second kappa shape index (κ2) is 4.12. The van der Waals surface area contributed by atoms with E-state index < -0.39 is 5.97 Å². The number of hydrogen-bond donors (Lipinski definition) is 1. The second-order valence-corrected chi connectivity index (χ2v) is 4.39. The van der Waals surface area contributed by atoms with E-state index in [9.17, 15) is 4.79 Å². The van der Waals surface area contributed by atoms with Crippen LogP contribution in [0.2, 0.25) is 0 Å². The smallest absolute Gasteiger partial charge is 0.354 e. The molecule has 4 heteroatoms. The van der Waals surface area contributed by atoms with Crippen LogP contribution in [0.4, 0.5) is 0 Å². The van der Waals surface area contributed by atoms with Crippen molar-refractivity contribution in [3.63, 3.8) is 0 Å². The molecule has 0 amide bonds. The number of aromatic carboxylic acids is 1. The van der Waals surface area contributed by atoms with E-state index in [0.29, 0.717) is 5.75 Å². The van der Waals surface area contributed by atoms with E-state index in [-0.39, 0.29) is 17.7 Å². The SMILES string of the molecule is CC(C)c1cc(OC2CC2)cc(C(=O)O)n1. The number of pyridine rings is 1. The zero-order valence-corrected chi connectivity index (χ0v) is 9.43. The summed E-state index contributed by atoms with van der Waals surface area (Å²) in [7, 11) is 0. The highest BCUT2D eigenvalue weighted by atomic mass is 16.5. The van der Waals surface area contributed by atoms with Crippen LogP contribution in [0.15, 0.2) is 12.1 Å². The third kappa shape index (κ3) is 2.51. The topological polar surface area (TPSA) is 59.4 Å². The summed E-state index contributed by atoms with van der Waals surface area (Å²) in [5.41, 5.74) is 0.817. The Hall–Kier alpha value is -1.58. The van der Waals surface area contributed by atoms with Gasteiger partial charge in [-0.2, -0.15) is 0 Å². The van der Waals surface area contributed by atoms with Crippen LogP contribution in [-0.2, 0) is 0 Å². The lowest BCUT2D eigenvalue weighted by Crippen LogP contribution is -2.06. The summed E-state index contributed by atoms with van der Waals surface area (Å²) >= 11 is 0. The molecule has 1 aromatic heterocycles. The number of carboxylic acid groups (broad SMARTS) is 1. The highest BCUT2D eigenvalue weighted by Crippen LogP contribution is 2.28. The van der Waals surface area contributed by atoms with Crippen molar-refractivity contribution >= 4 is 5.97 Å². The number of aromatic nitrogens is 1. The molecule has 1 aliphatic rings. The van der Waals surface area contributed by atoms with Crippen LogP contribution in [0.25, 0.3) is 0 Å². The number of carbonyl (C=O) groups is 1. The maximum absolute atomic E-state index is 10.9. The van der Waals surface area contributed by atoms with Crippen molar-refractivity contribution in [1.29, 1.82) is 0 Å². The van der Waals surface area contributed by atoms with Gasteiger partial charge in [0.15, 0.2) is 5.69 Å². The van der Waals surface area contributed by atoms with E-state index in [1.165, 1.54) is 6.07 Å². The Morgan fingerprint density at radius 3 is 2.69 bits per heavy atom. The van der Waals surface area contributed by atoms with Crippen molar-refractivity contribution in [3.05, 3.63) is 23.5 Å². The van der Waals surface area contributed by atoms with Gasteiger partial charge in [0.25, 0.3) is 0 Å². The standard InChI is InChI=1S/C12H15NO3/c1-7(2)10-5-9(16-8-3-4-8)6-11(13-10)12(14)15/h5-8H,3-4H2,1-2H3,(H,14,15). The third-order valence-electron chi connectivity index (χ3n) is 2.46. The first kappa shape index (κ1) is 10.9. The van der Waals surface area contributed by atoms with Gasteiger partial charge in [0.2, 0.25) is 0 Å². The molecule has 0 spiro atoms. The monoisotopic (exact) mass is 221 g/mol. The van der Waals surface area contributed by atoms with Gasteiger partial charge in [-0.15, -0.1) is 0 Å². The first-order valence-electron chi connectivity index (χ1n) is 5.48. The Balaban J connectivity index is 2.31. The molecule has 0 bridgehead atoms. The molecule has 1 heterocycles. The van der Waals surface area contributed by atoms with Gasteiger partial charge < -0.3 is 9.84 Å². The molecule has 0 saturated heterocycles. The van der Waals surface area contributed by atoms with Crippen molar-refractivity contribution in [2.45, 2.75) is 38.7 Å². The fraction of sp³-hybridized carbons (Fsp3) is 0.500. The molecule has 16 heavy (non-hydrogen) atoms. The lowest BCUT2D eigenvalue weighted by atomic mass is 10.1. The molecule has 1 N–H and O–H groups in total. The summed E-state index contributed by atoms with van der Waals surface area (Å²) in [6, 6.07) is 3.32. The molecule has 0 unspecified atom stereocenters. The average molecular weight is 221 g/mol. The first-order valence-corrected chi connectivity index (χ1v) is 5.48. The molecule has 1 fully saturated rings. The van der Waals surface area contributed by atoms with Gasteiger partial charge in [-0.1, -0.05) is 13.8 Å². The van der Waals surface area contributed by atoms with Crippen molar-refractivity contribution in [3.8, 4) is 5.75 Å². The lowest BCUT2D eigenvalue weighted by molar-refractivity contribution is 0.0689. The van der Waals surface area contributed by atoms with Crippen LogP contribution in [0, 0.1) is 0 Å². The van der Waals surface area contributed by atoms with Crippen LogP contribution in [-0.4, -0.2) is 22.2 Å². The van der Waals surface area contributed by atoms with E-state index >= 15 is 0 Å². The summed E-state index contributed by atoms with van der Waals surface area (Å²) in [5.74, 6) is -0.192. The molecule has 2 rings (SSSR count). The number of hydrogen-bond acceptors (Lipinski definition) is 3. The second-order valence-electron chi connectivity index (χ2n) is 4.39. The van der Waals surface area contributed by atoms with Gasteiger partial charge in [0.1, 0.15) is 5.75 Å². The van der Waals surface area contributed by atoms with Crippen LogP contribution in [0.3, 0.4) is 0 Å². The van der Waals surface area contributed by atoms with Crippen LogP contribution < -0.4 is 4.74 Å². The van der Waals surface area contributed by atoms with Gasteiger partial charge in [-0.05, 0) is 18.8 Å². The largest absolute Gasteiger partial charge is 0.490 e. The average Bonchev–Trinajstić information content (AvgIpc) is 3.01. The van der Waals surface area contributed by atoms with Gasteiger partial charge in [-0.25, -0.2) is 9.78 Å². The van der Waals surface area contributed by atoms with Gasteiger partial charge in [0.05, 0.1) is 6.10 Å². The Kier molecular flexibility index (Phi) is 2.81. The summed E-state index contributed by atoms with van der Waals surface area (Å²) < 4.78 is 5.60. The Morgan fingerprint density at radius 2 is 2.19 bits per heavy atom. The summed E-state index contributed by atoms with van der Waals surface area (Å²) in [5, 5.41) is 8.95.